The molecule has 1 aliphatic carbocycles. The number of anilines is 2. The van der Waals surface area contributed by atoms with E-state index in [0.29, 0.717) is 43.4 Å². The minimum atomic E-state index is -4.62. The Balaban J connectivity index is 1.42. The number of morpholine rings is 1. The van der Waals surface area contributed by atoms with Crippen LogP contribution in [0.2, 0.25) is 0 Å². The zero-order valence-electron chi connectivity index (χ0n) is 21.8. The maximum Gasteiger partial charge on any atom is 0.418 e. The Hall–Kier alpha value is -3.64. The summed E-state index contributed by atoms with van der Waals surface area (Å²) in [5.41, 5.74) is 0.136. The Morgan fingerprint density at radius 3 is 2.67 bits per heavy atom. The first kappa shape index (κ1) is 25.6. The summed E-state index contributed by atoms with van der Waals surface area (Å²) >= 11 is 0. The topological polar surface area (TPSA) is 72.8 Å². The van der Waals surface area contributed by atoms with Gasteiger partial charge in [0.1, 0.15) is 6.33 Å². The molecule has 9 nitrogen and oxygen atoms in total. The number of halogens is 3. The van der Waals surface area contributed by atoms with Crippen molar-refractivity contribution in [1.29, 1.82) is 0 Å². The molecule has 1 saturated heterocycles. The van der Waals surface area contributed by atoms with Gasteiger partial charge in [-0.2, -0.15) is 13.2 Å². The molecule has 0 N–H and O–H groups in total. The number of hydrogen-bond donors (Lipinski definition) is 0. The number of alkyl halides is 3. The van der Waals surface area contributed by atoms with Gasteiger partial charge in [-0.1, -0.05) is 6.07 Å². The predicted molar refractivity (Wildman–Crippen MR) is 139 cm³/mol. The van der Waals surface area contributed by atoms with E-state index in [9.17, 15) is 18.0 Å². The van der Waals surface area contributed by atoms with E-state index in [2.05, 4.69) is 15.1 Å². The van der Waals surface area contributed by atoms with Gasteiger partial charge in [-0.05, 0) is 56.0 Å². The van der Waals surface area contributed by atoms with Gasteiger partial charge < -0.3 is 14.2 Å². The van der Waals surface area contributed by atoms with Crippen LogP contribution < -0.4 is 10.6 Å². The molecule has 2 aliphatic rings. The number of aryl methyl sites for hydroxylation is 1. The summed E-state index contributed by atoms with van der Waals surface area (Å²) in [4.78, 5) is 17.7. The molecule has 4 heterocycles. The van der Waals surface area contributed by atoms with Crippen LogP contribution in [0.15, 0.2) is 53.8 Å². The molecule has 0 bridgehead atoms. The highest BCUT2D eigenvalue weighted by Crippen LogP contribution is 2.36. The Bertz CT molecular complexity index is 1550. The van der Waals surface area contributed by atoms with Crippen molar-refractivity contribution in [3.05, 3.63) is 70.7 Å². The lowest BCUT2D eigenvalue weighted by Crippen LogP contribution is -2.40. The molecule has 1 aromatic carbocycles. The van der Waals surface area contributed by atoms with Crippen molar-refractivity contribution in [2.24, 2.45) is 7.05 Å². The first-order chi connectivity index (χ1) is 18.7. The van der Waals surface area contributed by atoms with Crippen LogP contribution in [0.1, 0.15) is 37.3 Å². The highest BCUT2D eigenvalue weighted by molar-refractivity contribution is 5.63. The number of ether oxygens (including phenoxy) is 1. The SMILES string of the molecule is C[C@@H]1CN(Cc2cc(C(F)(F)F)c3cn(-c4cccc(N(c5nncn5C)C5CCC5)c4)c(=O)n3c2)CCO1. The molecule has 206 valence electrons. The van der Waals surface area contributed by atoms with E-state index in [1.165, 1.54) is 17.0 Å². The highest BCUT2D eigenvalue weighted by Gasteiger charge is 2.35. The fourth-order valence-corrected chi connectivity index (χ4v) is 5.46. The van der Waals surface area contributed by atoms with Crippen LogP contribution in [0.25, 0.3) is 11.2 Å². The third-order valence-electron chi connectivity index (χ3n) is 7.59. The summed E-state index contributed by atoms with van der Waals surface area (Å²) < 4.78 is 52.4. The monoisotopic (exact) mass is 541 g/mol. The second kappa shape index (κ2) is 9.83. The summed E-state index contributed by atoms with van der Waals surface area (Å²) in [5.74, 6) is 0.674. The normalized spacial score (nSPS) is 18.9. The minimum Gasteiger partial charge on any atom is -0.376 e. The van der Waals surface area contributed by atoms with Crippen molar-refractivity contribution in [2.45, 2.75) is 51.1 Å². The van der Waals surface area contributed by atoms with E-state index < -0.39 is 17.4 Å². The zero-order chi connectivity index (χ0) is 27.3. The van der Waals surface area contributed by atoms with E-state index in [4.69, 9.17) is 4.74 Å². The fraction of sp³-hybridized carbons (Fsp3) is 0.444. The van der Waals surface area contributed by atoms with Gasteiger partial charge in [0.25, 0.3) is 0 Å². The summed E-state index contributed by atoms with van der Waals surface area (Å²) in [6.07, 6.45) is 2.90. The van der Waals surface area contributed by atoms with Crippen LogP contribution >= 0.6 is 0 Å². The van der Waals surface area contributed by atoms with Gasteiger partial charge in [0.15, 0.2) is 0 Å². The third kappa shape index (κ3) is 4.82. The summed E-state index contributed by atoms with van der Waals surface area (Å²) in [7, 11) is 1.86. The molecule has 39 heavy (non-hydrogen) atoms. The van der Waals surface area contributed by atoms with Crippen LogP contribution in [-0.4, -0.2) is 60.5 Å². The fourth-order valence-electron chi connectivity index (χ4n) is 5.46. The second-order valence-electron chi connectivity index (χ2n) is 10.4. The van der Waals surface area contributed by atoms with Crippen molar-refractivity contribution in [3.8, 4) is 5.69 Å². The van der Waals surface area contributed by atoms with Crippen molar-refractivity contribution < 1.29 is 17.9 Å². The quantitative estimate of drug-likeness (QED) is 0.365. The highest BCUT2D eigenvalue weighted by atomic mass is 19.4. The average molecular weight is 542 g/mol. The molecular formula is C27H30F3N7O2. The standard InChI is InChI=1S/C27H30F3N7O2/c1-18-13-34(9-10-39-18)14-19-11-23(27(28,29)30)24-16-35(26(38)36(24)15-19)21-7-4-8-22(12-21)37(20-5-3-6-20)25-32-31-17-33(25)2/h4,7-8,11-12,15-18,20H,3,5-6,9-10,13-14H2,1-2H3/t18-/m1/s1. The van der Waals surface area contributed by atoms with Crippen molar-refractivity contribution in [1.82, 2.24) is 28.6 Å². The zero-order valence-corrected chi connectivity index (χ0v) is 21.8. The second-order valence-corrected chi connectivity index (χ2v) is 10.4. The van der Waals surface area contributed by atoms with Crippen LogP contribution in [0.5, 0.6) is 0 Å². The Kier molecular flexibility index (Phi) is 6.46. The van der Waals surface area contributed by atoms with Gasteiger partial charge in [0.05, 0.1) is 29.5 Å². The summed E-state index contributed by atoms with van der Waals surface area (Å²) in [5, 5.41) is 8.30. The van der Waals surface area contributed by atoms with E-state index in [0.717, 1.165) is 35.4 Å². The lowest BCUT2D eigenvalue weighted by atomic mass is 9.91. The Labute approximate surface area is 223 Å². The molecule has 0 unspecified atom stereocenters. The number of fused-ring (bicyclic) bond motifs is 1. The van der Waals surface area contributed by atoms with E-state index in [1.807, 2.05) is 35.6 Å². The lowest BCUT2D eigenvalue weighted by molar-refractivity contribution is -0.136. The minimum absolute atomic E-state index is 0.00157. The first-order valence-electron chi connectivity index (χ1n) is 13.1. The van der Waals surface area contributed by atoms with Crippen LogP contribution in [0.4, 0.5) is 24.8 Å². The predicted octanol–water partition coefficient (Wildman–Crippen LogP) is 4.15. The number of benzene rings is 1. The molecule has 3 aromatic heterocycles. The number of hydrogen-bond acceptors (Lipinski definition) is 6. The molecule has 2 fully saturated rings. The van der Waals surface area contributed by atoms with Crippen LogP contribution in [-0.2, 0) is 24.5 Å². The first-order valence-corrected chi connectivity index (χ1v) is 13.1. The molecular weight excluding hydrogens is 511 g/mol. The van der Waals surface area contributed by atoms with Crippen LogP contribution in [0, 0.1) is 0 Å². The average Bonchev–Trinajstić information content (AvgIpc) is 3.43. The number of rotatable bonds is 6. The van der Waals surface area contributed by atoms with Gasteiger partial charge in [-0.25, -0.2) is 4.79 Å². The Morgan fingerprint density at radius 2 is 2.00 bits per heavy atom. The van der Waals surface area contributed by atoms with Gasteiger partial charge in [-0.3, -0.25) is 13.9 Å². The van der Waals surface area contributed by atoms with E-state index >= 15 is 0 Å². The molecule has 0 spiro atoms. The number of imidazole rings is 1. The van der Waals surface area contributed by atoms with Gasteiger partial charge in [-0.15, -0.1) is 10.2 Å². The maximum absolute atomic E-state index is 14.2. The lowest BCUT2D eigenvalue weighted by Gasteiger charge is -2.38. The summed E-state index contributed by atoms with van der Waals surface area (Å²) in [6, 6.07) is 8.65. The summed E-state index contributed by atoms with van der Waals surface area (Å²) in [6.45, 7) is 3.99. The molecule has 12 heteroatoms. The van der Waals surface area contributed by atoms with E-state index in [1.54, 1.807) is 18.5 Å². The van der Waals surface area contributed by atoms with Gasteiger partial charge in [0.2, 0.25) is 5.95 Å². The van der Waals surface area contributed by atoms with Crippen molar-refractivity contribution in [2.75, 3.05) is 24.6 Å². The number of pyridine rings is 1. The van der Waals surface area contributed by atoms with Crippen molar-refractivity contribution in [3.63, 3.8) is 0 Å². The smallest absolute Gasteiger partial charge is 0.376 e. The van der Waals surface area contributed by atoms with Gasteiger partial charge in [0, 0.05) is 50.8 Å². The Morgan fingerprint density at radius 1 is 1.18 bits per heavy atom. The van der Waals surface area contributed by atoms with Gasteiger partial charge >= 0.3 is 11.9 Å². The number of aromatic nitrogens is 5. The number of nitrogens with zero attached hydrogens (tertiary/aromatic N) is 7. The molecule has 1 aliphatic heterocycles. The van der Waals surface area contributed by atoms with Crippen molar-refractivity contribution >= 4 is 17.2 Å². The molecule has 6 rings (SSSR count). The third-order valence-corrected chi connectivity index (χ3v) is 7.59. The molecule has 1 atom stereocenters. The molecule has 0 radical (unpaired) electrons. The largest absolute Gasteiger partial charge is 0.418 e. The molecule has 1 saturated carbocycles. The van der Waals surface area contributed by atoms with Crippen LogP contribution in [0.3, 0.4) is 0 Å². The molecule has 4 aromatic rings. The maximum atomic E-state index is 14.2. The van der Waals surface area contributed by atoms with E-state index in [-0.39, 0.29) is 17.7 Å². The molecule has 0 amide bonds.